The number of carbonyl (C=O) groups is 1. The van der Waals surface area contributed by atoms with E-state index in [4.69, 9.17) is 4.74 Å². The van der Waals surface area contributed by atoms with Crippen molar-refractivity contribution in [3.8, 4) is 0 Å². The van der Waals surface area contributed by atoms with Gasteiger partial charge in [-0.3, -0.25) is 9.78 Å². The fourth-order valence-electron chi connectivity index (χ4n) is 1.55. The van der Waals surface area contributed by atoms with Gasteiger partial charge in [-0.2, -0.15) is 0 Å². The first-order valence-electron chi connectivity index (χ1n) is 6.28. The molecule has 0 radical (unpaired) electrons. The second kappa shape index (κ2) is 7.04. The van der Waals surface area contributed by atoms with Crippen LogP contribution in [-0.2, 0) is 4.74 Å². The van der Waals surface area contributed by atoms with Gasteiger partial charge in [-0.25, -0.2) is 5.43 Å². The maximum absolute atomic E-state index is 11.8. The van der Waals surface area contributed by atoms with Gasteiger partial charge in [-0.15, -0.1) is 5.10 Å². The lowest BCUT2D eigenvalue weighted by atomic mass is 10.2. The van der Waals surface area contributed by atoms with Crippen LogP contribution in [0.2, 0.25) is 0 Å². The maximum atomic E-state index is 11.8. The average molecular weight is 269 g/mol. The van der Waals surface area contributed by atoms with Gasteiger partial charge < -0.3 is 4.74 Å². The summed E-state index contributed by atoms with van der Waals surface area (Å²) in [6.07, 6.45) is 1.55. The first-order chi connectivity index (χ1) is 9.81. The summed E-state index contributed by atoms with van der Waals surface area (Å²) in [6, 6.07) is 14.5. The second-order valence-electron chi connectivity index (χ2n) is 3.87. The summed E-state index contributed by atoms with van der Waals surface area (Å²) in [6.45, 7) is 2.33. The maximum Gasteiger partial charge on any atom is 0.290 e. The van der Waals surface area contributed by atoms with Crippen LogP contribution in [0.1, 0.15) is 23.0 Å². The molecule has 1 aromatic carbocycles. The predicted octanol–water partition coefficient (Wildman–Crippen LogP) is 2.21. The topological polar surface area (TPSA) is 63.6 Å². The summed E-state index contributed by atoms with van der Waals surface area (Å²) >= 11 is 0. The van der Waals surface area contributed by atoms with Crippen LogP contribution >= 0.6 is 0 Å². The molecule has 1 N–H and O–H groups in total. The minimum Gasteiger partial charge on any atom is -0.477 e. The monoisotopic (exact) mass is 269 g/mol. The zero-order valence-corrected chi connectivity index (χ0v) is 11.1. The molecule has 0 aliphatic carbocycles. The van der Waals surface area contributed by atoms with Gasteiger partial charge in [0.15, 0.2) is 0 Å². The van der Waals surface area contributed by atoms with Crippen molar-refractivity contribution in [2.45, 2.75) is 6.92 Å². The van der Waals surface area contributed by atoms with Crippen LogP contribution in [0.15, 0.2) is 59.8 Å². The van der Waals surface area contributed by atoms with Gasteiger partial charge in [0, 0.05) is 11.8 Å². The van der Waals surface area contributed by atoms with E-state index < -0.39 is 0 Å². The minimum absolute atomic E-state index is 0.306. The summed E-state index contributed by atoms with van der Waals surface area (Å²) in [5.41, 5.74) is 3.55. The third-order valence-electron chi connectivity index (χ3n) is 2.46. The van der Waals surface area contributed by atoms with Crippen molar-refractivity contribution in [1.82, 2.24) is 10.4 Å². The number of ether oxygens (including phenoxy) is 1. The summed E-state index contributed by atoms with van der Waals surface area (Å²) in [7, 11) is 0. The molecular formula is C15H15N3O2. The highest BCUT2D eigenvalue weighted by Gasteiger charge is 2.07. The van der Waals surface area contributed by atoms with Gasteiger partial charge in [0.1, 0.15) is 5.69 Å². The molecule has 2 aromatic rings. The van der Waals surface area contributed by atoms with Crippen molar-refractivity contribution in [2.24, 2.45) is 5.10 Å². The summed E-state index contributed by atoms with van der Waals surface area (Å²) in [4.78, 5) is 15.8. The number of carbonyl (C=O) groups excluding carboxylic acids is 1. The van der Waals surface area contributed by atoms with Crippen molar-refractivity contribution >= 4 is 11.8 Å². The summed E-state index contributed by atoms with van der Waals surface area (Å²) in [5, 5.41) is 4.01. The lowest BCUT2D eigenvalue weighted by Gasteiger charge is -2.07. The Kier molecular flexibility index (Phi) is 4.83. The molecule has 2 rings (SSSR count). The number of aromatic nitrogens is 1. The first kappa shape index (κ1) is 13.7. The Morgan fingerprint density at radius 2 is 1.95 bits per heavy atom. The van der Waals surface area contributed by atoms with E-state index >= 15 is 0 Å². The van der Waals surface area contributed by atoms with Crippen LogP contribution in [-0.4, -0.2) is 23.4 Å². The molecule has 0 saturated carbocycles. The fourth-order valence-corrected chi connectivity index (χ4v) is 1.55. The van der Waals surface area contributed by atoms with Crippen LogP contribution in [0.5, 0.6) is 0 Å². The third-order valence-corrected chi connectivity index (χ3v) is 2.46. The minimum atomic E-state index is -0.376. The van der Waals surface area contributed by atoms with Crippen molar-refractivity contribution < 1.29 is 9.53 Å². The standard InChI is InChI=1S/C15H15N3O2/c1-2-20-15(12-8-4-3-5-9-12)18-17-14(19)13-10-6-7-11-16-13/h3-11H,2H2,1H3,(H,17,19)/b18-15-. The lowest BCUT2D eigenvalue weighted by molar-refractivity contribution is 0.0948. The van der Waals surface area contributed by atoms with E-state index in [0.717, 1.165) is 5.56 Å². The Bertz CT molecular complexity index is 583. The number of amides is 1. The van der Waals surface area contributed by atoms with Gasteiger partial charge in [0.05, 0.1) is 6.61 Å². The molecule has 0 aliphatic rings. The highest BCUT2D eigenvalue weighted by atomic mass is 16.5. The Labute approximate surface area is 117 Å². The van der Waals surface area contributed by atoms with Crippen molar-refractivity contribution in [3.05, 3.63) is 66.0 Å². The molecule has 5 nitrogen and oxygen atoms in total. The number of hydrogen-bond donors (Lipinski definition) is 1. The van der Waals surface area contributed by atoms with Crippen molar-refractivity contribution in [1.29, 1.82) is 0 Å². The Morgan fingerprint density at radius 3 is 2.60 bits per heavy atom. The quantitative estimate of drug-likeness (QED) is 0.526. The normalized spacial score (nSPS) is 10.9. The number of nitrogens with one attached hydrogen (secondary N) is 1. The predicted molar refractivity (Wildman–Crippen MR) is 76.3 cm³/mol. The summed E-state index contributed by atoms with van der Waals surface area (Å²) in [5.74, 6) is -0.00360. The zero-order valence-electron chi connectivity index (χ0n) is 11.1. The number of nitrogens with zero attached hydrogens (tertiary/aromatic N) is 2. The SMILES string of the molecule is CCO/C(=N\NC(=O)c1ccccn1)c1ccccc1. The molecule has 1 amide bonds. The van der Waals surface area contributed by atoms with Gasteiger partial charge >= 0.3 is 0 Å². The van der Waals surface area contributed by atoms with E-state index in [1.165, 1.54) is 0 Å². The highest BCUT2D eigenvalue weighted by Crippen LogP contribution is 2.02. The summed E-state index contributed by atoms with van der Waals surface area (Å²) < 4.78 is 5.43. The van der Waals surface area contributed by atoms with Crippen LogP contribution in [0.3, 0.4) is 0 Å². The van der Waals surface area contributed by atoms with Crippen LogP contribution in [0, 0.1) is 0 Å². The van der Waals surface area contributed by atoms with Crippen molar-refractivity contribution in [3.63, 3.8) is 0 Å². The molecule has 20 heavy (non-hydrogen) atoms. The number of rotatable bonds is 4. The van der Waals surface area contributed by atoms with E-state index in [9.17, 15) is 4.79 Å². The van der Waals surface area contributed by atoms with Crippen LogP contribution in [0.4, 0.5) is 0 Å². The van der Waals surface area contributed by atoms with E-state index in [1.807, 2.05) is 37.3 Å². The molecule has 0 bridgehead atoms. The Balaban J connectivity index is 2.12. The molecule has 0 fully saturated rings. The molecule has 1 heterocycles. The molecule has 0 unspecified atom stereocenters. The molecule has 102 valence electrons. The van der Waals surface area contributed by atoms with Gasteiger partial charge in [0.2, 0.25) is 5.90 Å². The first-order valence-corrected chi connectivity index (χ1v) is 6.28. The Hall–Kier alpha value is -2.69. The molecule has 1 aromatic heterocycles. The van der Waals surface area contributed by atoms with Gasteiger partial charge in [-0.05, 0) is 31.2 Å². The number of hydrogen-bond acceptors (Lipinski definition) is 4. The molecule has 0 atom stereocenters. The van der Waals surface area contributed by atoms with Gasteiger partial charge in [0.25, 0.3) is 5.91 Å². The number of benzene rings is 1. The molecule has 5 heteroatoms. The van der Waals surface area contributed by atoms with Crippen molar-refractivity contribution in [2.75, 3.05) is 6.61 Å². The average Bonchev–Trinajstić information content (AvgIpc) is 2.53. The van der Waals surface area contributed by atoms with Crippen LogP contribution < -0.4 is 5.43 Å². The number of pyridine rings is 1. The van der Waals surface area contributed by atoms with E-state index in [1.54, 1.807) is 24.4 Å². The Morgan fingerprint density at radius 1 is 1.20 bits per heavy atom. The zero-order chi connectivity index (χ0) is 14.2. The molecule has 0 aliphatic heterocycles. The van der Waals surface area contributed by atoms with E-state index in [-0.39, 0.29) is 5.91 Å². The number of hydrazone groups is 1. The molecular weight excluding hydrogens is 254 g/mol. The van der Waals surface area contributed by atoms with E-state index in [0.29, 0.717) is 18.2 Å². The molecule has 0 spiro atoms. The van der Waals surface area contributed by atoms with E-state index in [2.05, 4.69) is 15.5 Å². The third kappa shape index (κ3) is 3.65. The second-order valence-corrected chi connectivity index (χ2v) is 3.87. The highest BCUT2D eigenvalue weighted by molar-refractivity contribution is 5.97. The smallest absolute Gasteiger partial charge is 0.290 e. The lowest BCUT2D eigenvalue weighted by Crippen LogP contribution is -2.22. The van der Waals surface area contributed by atoms with Crippen LogP contribution in [0.25, 0.3) is 0 Å². The largest absolute Gasteiger partial charge is 0.477 e. The van der Waals surface area contributed by atoms with Gasteiger partial charge in [-0.1, -0.05) is 24.3 Å². The molecule has 0 saturated heterocycles. The fraction of sp³-hybridized carbons (Fsp3) is 0.133.